The topological polar surface area (TPSA) is 90.0 Å². The average Bonchev–Trinajstić information content (AvgIpc) is 3.22. The third kappa shape index (κ3) is 4.08. The molecule has 3 heterocycles. The predicted octanol–water partition coefficient (Wildman–Crippen LogP) is 2.32. The van der Waals surface area contributed by atoms with Gasteiger partial charge in [-0.25, -0.2) is 0 Å². The minimum atomic E-state index is -0.533. The van der Waals surface area contributed by atoms with E-state index in [1.165, 1.54) is 19.4 Å². The molecule has 1 spiro atoms. The quantitative estimate of drug-likeness (QED) is 0.852. The second-order valence-corrected chi connectivity index (χ2v) is 6.98. The van der Waals surface area contributed by atoms with Crippen molar-refractivity contribution in [2.45, 2.75) is 18.6 Å². The molecule has 2 aliphatic rings. The molecule has 8 heteroatoms. The Balaban J connectivity index is 1.44. The normalized spacial score (nSPS) is 17.9. The lowest BCUT2D eigenvalue weighted by atomic mass is 10.0. The average molecular weight is 397 g/mol. The molecule has 0 saturated carbocycles. The van der Waals surface area contributed by atoms with Crippen LogP contribution in [0, 0.1) is 0 Å². The van der Waals surface area contributed by atoms with Crippen molar-refractivity contribution in [3.05, 3.63) is 53.9 Å². The van der Waals surface area contributed by atoms with Gasteiger partial charge in [-0.05, 0) is 24.3 Å². The maximum atomic E-state index is 12.9. The van der Waals surface area contributed by atoms with Crippen LogP contribution in [-0.4, -0.2) is 60.9 Å². The highest BCUT2D eigenvalue weighted by molar-refractivity contribution is 6.05. The second-order valence-electron chi connectivity index (χ2n) is 6.98. The fraction of sp³-hybridized carbons (Fsp3) is 0.381. The maximum absolute atomic E-state index is 12.9. The van der Waals surface area contributed by atoms with Crippen molar-refractivity contribution in [3.8, 4) is 5.75 Å². The molecule has 0 unspecified atom stereocenters. The van der Waals surface area contributed by atoms with E-state index in [0.29, 0.717) is 56.1 Å². The lowest BCUT2D eigenvalue weighted by Crippen LogP contribution is -2.47. The number of amides is 2. The largest absolute Gasteiger partial charge is 0.495 e. The molecule has 1 aromatic heterocycles. The minimum Gasteiger partial charge on any atom is -0.495 e. The van der Waals surface area contributed by atoms with Gasteiger partial charge in [0.15, 0.2) is 5.79 Å². The monoisotopic (exact) mass is 397 g/mol. The molecule has 2 saturated heterocycles. The zero-order chi connectivity index (χ0) is 20.3. The number of methoxy groups -OCH3 is 1. The first-order valence-corrected chi connectivity index (χ1v) is 9.58. The molecule has 8 nitrogen and oxygen atoms in total. The highest BCUT2D eigenvalue weighted by atomic mass is 16.7. The van der Waals surface area contributed by atoms with Gasteiger partial charge in [0.05, 0.1) is 26.0 Å². The van der Waals surface area contributed by atoms with Crippen LogP contribution in [0.25, 0.3) is 0 Å². The smallest absolute Gasteiger partial charge is 0.274 e. The van der Waals surface area contributed by atoms with Gasteiger partial charge in [0.2, 0.25) is 0 Å². The van der Waals surface area contributed by atoms with Gasteiger partial charge in [0.1, 0.15) is 11.4 Å². The maximum Gasteiger partial charge on any atom is 0.274 e. The van der Waals surface area contributed by atoms with Crippen LogP contribution in [0.1, 0.15) is 33.7 Å². The van der Waals surface area contributed by atoms with E-state index in [9.17, 15) is 9.59 Å². The number of hydrogen-bond acceptors (Lipinski definition) is 6. The van der Waals surface area contributed by atoms with Gasteiger partial charge < -0.3 is 24.4 Å². The molecule has 1 aromatic carbocycles. The molecule has 29 heavy (non-hydrogen) atoms. The molecule has 0 aliphatic carbocycles. The number of piperidine rings is 1. The van der Waals surface area contributed by atoms with E-state index in [1.54, 1.807) is 29.2 Å². The van der Waals surface area contributed by atoms with Crippen LogP contribution >= 0.6 is 0 Å². The van der Waals surface area contributed by atoms with Crippen molar-refractivity contribution in [2.75, 3.05) is 38.7 Å². The molecule has 2 fully saturated rings. The molecule has 1 N–H and O–H groups in total. The van der Waals surface area contributed by atoms with Crippen LogP contribution in [-0.2, 0) is 9.47 Å². The molecule has 4 rings (SSSR count). The van der Waals surface area contributed by atoms with Crippen molar-refractivity contribution < 1.29 is 23.8 Å². The van der Waals surface area contributed by atoms with Crippen LogP contribution in [0.15, 0.2) is 42.6 Å². The van der Waals surface area contributed by atoms with Crippen molar-refractivity contribution in [3.63, 3.8) is 0 Å². The summed E-state index contributed by atoms with van der Waals surface area (Å²) in [4.78, 5) is 31.4. The van der Waals surface area contributed by atoms with Crippen LogP contribution in [0.4, 0.5) is 5.69 Å². The third-order valence-corrected chi connectivity index (χ3v) is 5.22. The molecule has 2 amide bonds. The molecule has 0 radical (unpaired) electrons. The number of benzene rings is 1. The van der Waals surface area contributed by atoms with Crippen LogP contribution in [0.5, 0.6) is 5.75 Å². The van der Waals surface area contributed by atoms with Crippen molar-refractivity contribution in [1.29, 1.82) is 0 Å². The first-order chi connectivity index (χ1) is 14.1. The Morgan fingerprint density at radius 2 is 1.86 bits per heavy atom. The van der Waals surface area contributed by atoms with Crippen molar-refractivity contribution in [2.24, 2.45) is 0 Å². The Kier molecular flexibility index (Phi) is 5.46. The van der Waals surface area contributed by atoms with E-state index in [-0.39, 0.29) is 11.6 Å². The van der Waals surface area contributed by atoms with Gasteiger partial charge in [-0.2, -0.15) is 0 Å². The number of nitrogens with zero attached hydrogens (tertiary/aromatic N) is 2. The van der Waals surface area contributed by atoms with Gasteiger partial charge in [-0.1, -0.05) is 12.1 Å². The van der Waals surface area contributed by atoms with Gasteiger partial charge in [-0.15, -0.1) is 0 Å². The fourth-order valence-electron chi connectivity index (χ4n) is 3.64. The highest BCUT2D eigenvalue weighted by Crippen LogP contribution is 2.31. The zero-order valence-electron chi connectivity index (χ0n) is 16.2. The second kappa shape index (κ2) is 8.18. The van der Waals surface area contributed by atoms with Gasteiger partial charge in [0, 0.05) is 37.7 Å². The van der Waals surface area contributed by atoms with E-state index in [4.69, 9.17) is 14.2 Å². The summed E-state index contributed by atoms with van der Waals surface area (Å²) in [6.45, 7) is 2.29. The number of carbonyl (C=O) groups excluding carboxylic acids is 2. The number of pyridine rings is 1. The summed E-state index contributed by atoms with van der Waals surface area (Å²) in [5.41, 5.74) is 1.13. The number of likely N-dealkylation sites (tertiary alicyclic amines) is 1. The standard InChI is InChI=1S/C21H23N3O5/c1-27-18-5-3-2-4-16(18)23-19(25)17-14-15(6-9-22-17)20(26)24-10-7-21(8-11-24)28-12-13-29-21/h2-6,9,14H,7-8,10-13H2,1H3,(H,23,25). The van der Waals surface area contributed by atoms with E-state index < -0.39 is 11.7 Å². The van der Waals surface area contributed by atoms with E-state index >= 15 is 0 Å². The molecule has 2 aliphatic heterocycles. The summed E-state index contributed by atoms with van der Waals surface area (Å²) in [7, 11) is 1.53. The first kappa shape index (κ1) is 19.4. The Labute approximate surface area is 168 Å². The Bertz CT molecular complexity index is 901. The highest BCUT2D eigenvalue weighted by Gasteiger charge is 2.40. The number of anilines is 1. The molecule has 0 bridgehead atoms. The van der Waals surface area contributed by atoms with Crippen LogP contribution in [0.3, 0.4) is 0 Å². The Morgan fingerprint density at radius 1 is 1.14 bits per heavy atom. The molecule has 2 aromatic rings. The minimum absolute atomic E-state index is 0.133. The summed E-state index contributed by atoms with van der Waals surface area (Å²) in [5, 5.41) is 2.77. The number of hydrogen-bond donors (Lipinski definition) is 1. The SMILES string of the molecule is COc1ccccc1NC(=O)c1cc(C(=O)N2CCC3(CC2)OCCO3)ccn1. The lowest BCUT2D eigenvalue weighted by molar-refractivity contribution is -0.181. The van der Waals surface area contributed by atoms with E-state index in [2.05, 4.69) is 10.3 Å². The number of carbonyl (C=O) groups is 2. The first-order valence-electron chi connectivity index (χ1n) is 9.58. The lowest BCUT2D eigenvalue weighted by Gasteiger charge is -2.37. The van der Waals surface area contributed by atoms with E-state index in [0.717, 1.165) is 0 Å². The Hall–Kier alpha value is -2.97. The summed E-state index contributed by atoms with van der Waals surface area (Å²) < 4.78 is 16.7. The molecule has 0 atom stereocenters. The molecular weight excluding hydrogens is 374 g/mol. The Morgan fingerprint density at radius 3 is 2.59 bits per heavy atom. The summed E-state index contributed by atoms with van der Waals surface area (Å²) in [5.74, 6) is -0.526. The van der Waals surface area contributed by atoms with Gasteiger partial charge in [-0.3, -0.25) is 14.6 Å². The third-order valence-electron chi connectivity index (χ3n) is 5.22. The zero-order valence-corrected chi connectivity index (χ0v) is 16.2. The molecule has 152 valence electrons. The van der Waals surface area contributed by atoms with E-state index in [1.807, 2.05) is 6.07 Å². The van der Waals surface area contributed by atoms with Crippen LogP contribution < -0.4 is 10.1 Å². The summed E-state index contributed by atoms with van der Waals surface area (Å²) >= 11 is 0. The van der Waals surface area contributed by atoms with Crippen molar-refractivity contribution in [1.82, 2.24) is 9.88 Å². The fourth-order valence-corrected chi connectivity index (χ4v) is 3.64. The number of para-hydroxylation sites is 2. The molecular formula is C21H23N3O5. The van der Waals surface area contributed by atoms with Gasteiger partial charge >= 0.3 is 0 Å². The number of aromatic nitrogens is 1. The summed E-state index contributed by atoms with van der Waals surface area (Å²) in [6, 6.07) is 10.2. The van der Waals surface area contributed by atoms with Crippen molar-refractivity contribution >= 4 is 17.5 Å². The summed E-state index contributed by atoms with van der Waals surface area (Å²) in [6.07, 6.45) is 2.76. The van der Waals surface area contributed by atoms with Crippen LogP contribution in [0.2, 0.25) is 0 Å². The number of nitrogens with one attached hydrogen (secondary N) is 1. The predicted molar refractivity (Wildman–Crippen MR) is 105 cm³/mol. The van der Waals surface area contributed by atoms with Gasteiger partial charge in [0.25, 0.3) is 11.8 Å². The number of rotatable bonds is 4. The number of ether oxygens (including phenoxy) is 3.